The second kappa shape index (κ2) is 5.17. The molecule has 0 amide bonds. The lowest BCUT2D eigenvalue weighted by Crippen LogP contribution is -2.24. The Kier molecular flexibility index (Phi) is 3.62. The average Bonchev–Trinajstić information content (AvgIpc) is 2.50. The van der Waals surface area contributed by atoms with Crippen molar-refractivity contribution in [3.63, 3.8) is 0 Å². The highest BCUT2D eigenvalue weighted by Crippen LogP contribution is 2.32. The molecule has 0 aliphatic carbocycles. The third-order valence-electron chi connectivity index (χ3n) is 3.27. The van der Waals surface area contributed by atoms with Gasteiger partial charge in [-0.25, -0.2) is 0 Å². The van der Waals surface area contributed by atoms with Gasteiger partial charge in [0.15, 0.2) is 0 Å². The van der Waals surface area contributed by atoms with Gasteiger partial charge < -0.3 is 10.2 Å². The molecule has 0 fully saturated rings. The fourth-order valence-corrected chi connectivity index (χ4v) is 2.48. The first kappa shape index (κ1) is 11.2. The first-order chi connectivity index (χ1) is 7.86. The molecule has 1 aromatic carbocycles. The van der Waals surface area contributed by atoms with Gasteiger partial charge in [-0.05, 0) is 31.5 Å². The summed E-state index contributed by atoms with van der Waals surface area (Å²) >= 11 is 0. The number of benzene rings is 1. The van der Waals surface area contributed by atoms with E-state index in [0.29, 0.717) is 6.04 Å². The summed E-state index contributed by atoms with van der Waals surface area (Å²) in [5, 5.41) is 3.41. The van der Waals surface area contributed by atoms with Crippen molar-refractivity contribution in [2.24, 2.45) is 0 Å². The highest BCUT2D eigenvalue weighted by molar-refractivity contribution is 5.56. The van der Waals surface area contributed by atoms with E-state index in [0.717, 1.165) is 13.1 Å². The van der Waals surface area contributed by atoms with Crippen molar-refractivity contribution in [2.45, 2.75) is 18.9 Å². The number of rotatable bonds is 3. The van der Waals surface area contributed by atoms with E-state index >= 15 is 0 Å². The first-order valence-electron chi connectivity index (χ1n) is 5.99. The molecule has 2 nitrogen and oxygen atoms in total. The van der Waals surface area contributed by atoms with Gasteiger partial charge in [0.25, 0.3) is 0 Å². The van der Waals surface area contributed by atoms with Crippen LogP contribution in [0.2, 0.25) is 0 Å². The Morgan fingerprint density at radius 1 is 1.50 bits per heavy atom. The summed E-state index contributed by atoms with van der Waals surface area (Å²) in [7, 11) is 2.05. The van der Waals surface area contributed by atoms with Crippen molar-refractivity contribution in [1.82, 2.24) is 5.32 Å². The Morgan fingerprint density at radius 3 is 3.06 bits per heavy atom. The van der Waals surface area contributed by atoms with Crippen molar-refractivity contribution in [3.05, 3.63) is 42.5 Å². The zero-order valence-corrected chi connectivity index (χ0v) is 9.95. The van der Waals surface area contributed by atoms with Gasteiger partial charge in [-0.3, -0.25) is 0 Å². The Bertz CT molecular complexity index is 360. The third kappa shape index (κ3) is 2.12. The molecule has 0 saturated heterocycles. The minimum atomic E-state index is 0.492. The molecule has 0 saturated carbocycles. The van der Waals surface area contributed by atoms with E-state index in [-0.39, 0.29) is 0 Å². The number of hydrogen-bond acceptors (Lipinski definition) is 2. The standard InChI is InChI=1S/C14H20N2/c1-3-10-16-11-6-8-13(15-2)12-7-4-5-9-14(12)16/h3-5,7,9,13,15H,1,6,8,10-11H2,2H3. The second-order valence-corrected chi connectivity index (χ2v) is 4.28. The van der Waals surface area contributed by atoms with Gasteiger partial charge >= 0.3 is 0 Å². The predicted molar refractivity (Wildman–Crippen MR) is 69.9 cm³/mol. The van der Waals surface area contributed by atoms with Crippen LogP contribution in [0.4, 0.5) is 5.69 Å². The minimum Gasteiger partial charge on any atom is -0.368 e. The molecule has 2 rings (SSSR count). The topological polar surface area (TPSA) is 15.3 Å². The summed E-state index contributed by atoms with van der Waals surface area (Å²) in [6.07, 6.45) is 4.42. The van der Waals surface area contributed by atoms with Gasteiger partial charge in [-0.15, -0.1) is 6.58 Å². The summed E-state index contributed by atoms with van der Waals surface area (Å²) < 4.78 is 0. The maximum atomic E-state index is 3.84. The van der Waals surface area contributed by atoms with E-state index in [1.165, 1.54) is 24.1 Å². The molecule has 1 aliphatic heterocycles. The summed E-state index contributed by atoms with van der Waals surface area (Å²) in [6.45, 7) is 5.90. The molecule has 16 heavy (non-hydrogen) atoms. The third-order valence-corrected chi connectivity index (χ3v) is 3.27. The highest BCUT2D eigenvalue weighted by Gasteiger charge is 2.20. The molecule has 0 radical (unpaired) electrons. The van der Waals surface area contributed by atoms with Gasteiger partial charge in [0.05, 0.1) is 0 Å². The van der Waals surface area contributed by atoms with Crippen LogP contribution in [0.5, 0.6) is 0 Å². The molecular formula is C14H20N2. The Morgan fingerprint density at radius 2 is 2.31 bits per heavy atom. The molecule has 86 valence electrons. The van der Waals surface area contributed by atoms with Gasteiger partial charge in [-0.1, -0.05) is 24.3 Å². The van der Waals surface area contributed by atoms with Crippen molar-refractivity contribution >= 4 is 5.69 Å². The lowest BCUT2D eigenvalue weighted by molar-refractivity contribution is 0.542. The quantitative estimate of drug-likeness (QED) is 0.782. The fourth-order valence-electron chi connectivity index (χ4n) is 2.48. The first-order valence-corrected chi connectivity index (χ1v) is 5.99. The second-order valence-electron chi connectivity index (χ2n) is 4.28. The zero-order chi connectivity index (χ0) is 11.4. The normalized spacial score (nSPS) is 20.1. The molecule has 0 aromatic heterocycles. The Balaban J connectivity index is 2.37. The van der Waals surface area contributed by atoms with Crippen LogP contribution in [0.15, 0.2) is 36.9 Å². The molecule has 1 heterocycles. The average molecular weight is 216 g/mol. The van der Waals surface area contributed by atoms with E-state index in [4.69, 9.17) is 0 Å². The lowest BCUT2D eigenvalue weighted by Gasteiger charge is -2.24. The van der Waals surface area contributed by atoms with E-state index in [1.54, 1.807) is 0 Å². The largest absolute Gasteiger partial charge is 0.368 e. The van der Waals surface area contributed by atoms with Gasteiger partial charge in [0, 0.05) is 24.8 Å². The van der Waals surface area contributed by atoms with Crippen molar-refractivity contribution in [3.8, 4) is 0 Å². The van der Waals surface area contributed by atoms with E-state index in [9.17, 15) is 0 Å². The smallest absolute Gasteiger partial charge is 0.0417 e. The fraction of sp³-hybridized carbons (Fsp3) is 0.429. The van der Waals surface area contributed by atoms with Gasteiger partial charge in [-0.2, -0.15) is 0 Å². The molecule has 0 spiro atoms. The van der Waals surface area contributed by atoms with Crippen molar-refractivity contribution in [1.29, 1.82) is 0 Å². The number of hydrogen-bond donors (Lipinski definition) is 1. The van der Waals surface area contributed by atoms with E-state index in [1.807, 2.05) is 13.1 Å². The monoisotopic (exact) mass is 216 g/mol. The number of nitrogens with one attached hydrogen (secondary N) is 1. The molecule has 1 atom stereocenters. The predicted octanol–water partition coefficient (Wildman–Crippen LogP) is 2.73. The molecule has 1 aliphatic rings. The number of para-hydroxylation sites is 1. The molecule has 1 N–H and O–H groups in total. The van der Waals surface area contributed by atoms with Crippen LogP contribution >= 0.6 is 0 Å². The van der Waals surface area contributed by atoms with Crippen LogP contribution in [-0.2, 0) is 0 Å². The number of fused-ring (bicyclic) bond motifs is 1. The van der Waals surface area contributed by atoms with Crippen LogP contribution in [-0.4, -0.2) is 20.1 Å². The molecule has 1 aromatic rings. The Hall–Kier alpha value is -1.28. The minimum absolute atomic E-state index is 0.492. The molecular weight excluding hydrogens is 196 g/mol. The van der Waals surface area contributed by atoms with E-state index in [2.05, 4.69) is 41.1 Å². The number of anilines is 1. The van der Waals surface area contributed by atoms with Crippen LogP contribution in [0.25, 0.3) is 0 Å². The highest BCUT2D eigenvalue weighted by atomic mass is 15.1. The van der Waals surface area contributed by atoms with Crippen molar-refractivity contribution < 1.29 is 0 Å². The van der Waals surface area contributed by atoms with Crippen LogP contribution < -0.4 is 10.2 Å². The molecule has 1 unspecified atom stereocenters. The van der Waals surface area contributed by atoms with Crippen molar-refractivity contribution in [2.75, 3.05) is 25.0 Å². The summed E-state index contributed by atoms with van der Waals surface area (Å²) in [6, 6.07) is 9.19. The maximum absolute atomic E-state index is 3.84. The summed E-state index contributed by atoms with van der Waals surface area (Å²) in [4.78, 5) is 2.42. The van der Waals surface area contributed by atoms with Gasteiger partial charge in [0.2, 0.25) is 0 Å². The maximum Gasteiger partial charge on any atom is 0.0417 e. The summed E-state index contributed by atoms with van der Waals surface area (Å²) in [5.74, 6) is 0. The molecule has 2 heteroatoms. The van der Waals surface area contributed by atoms with Crippen LogP contribution in [0, 0.1) is 0 Å². The van der Waals surface area contributed by atoms with Gasteiger partial charge in [0.1, 0.15) is 0 Å². The van der Waals surface area contributed by atoms with E-state index < -0.39 is 0 Å². The Labute approximate surface area is 98.0 Å². The molecule has 0 bridgehead atoms. The zero-order valence-electron chi connectivity index (χ0n) is 9.95. The van der Waals surface area contributed by atoms with Crippen LogP contribution in [0.3, 0.4) is 0 Å². The number of nitrogens with zero attached hydrogens (tertiary/aromatic N) is 1. The SMILES string of the molecule is C=CCN1CCCC(NC)c2ccccc21. The summed E-state index contributed by atoms with van der Waals surface area (Å²) in [5.41, 5.74) is 2.78. The lowest BCUT2D eigenvalue weighted by atomic mass is 10.0. The van der Waals surface area contributed by atoms with Crippen LogP contribution in [0.1, 0.15) is 24.4 Å².